The summed E-state index contributed by atoms with van der Waals surface area (Å²) < 4.78 is 0. The number of hydroxylamine groups is 1. The van der Waals surface area contributed by atoms with Crippen molar-refractivity contribution in [2.75, 3.05) is 0 Å². The Kier molecular flexibility index (Phi) is 9.05. The van der Waals surface area contributed by atoms with Crippen LogP contribution in [0, 0.1) is 4.91 Å². The van der Waals surface area contributed by atoms with E-state index in [1.807, 2.05) is 5.34 Å². The molecule has 0 radical (unpaired) electrons. The molecule has 0 atom stereocenters. The van der Waals surface area contributed by atoms with Crippen LogP contribution in [0.2, 0.25) is 0 Å². The highest BCUT2D eigenvalue weighted by Crippen LogP contribution is 1.60. The number of carbonyl (C=O) groups is 1. The van der Waals surface area contributed by atoms with Crippen LogP contribution in [-0.2, 0) is 4.94 Å². The maximum atomic E-state index is 9.14. The van der Waals surface area contributed by atoms with Crippen LogP contribution in [0.25, 0.3) is 0 Å². The lowest BCUT2D eigenvalue weighted by molar-refractivity contribution is 0.0874. The van der Waals surface area contributed by atoms with E-state index in [1.165, 1.54) is 0 Å². The highest BCUT2D eigenvalue weighted by atomic mass is 16.8. The molecule has 0 aliphatic heterocycles. The molecule has 12 heavy (non-hydrogen) atoms. The Labute approximate surface area is 65.7 Å². The molecule has 7 N–H and O–H groups in total. The summed E-state index contributed by atoms with van der Waals surface area (Å²) in [5, 5.41) is 18.8. The Morgan fingerprint density at radius 3 is 2.17 bits per heavy atom. The summed E-state index contributed by atoms with van der Waals surface area (Å²) in [4.78, 5) is 21.4. The van der Waals surface area contributed by atoms with Gasteiger partial charge in [0, 0.05) is 0 Å². The molecule has 10 nitrogen and oxygen atoms in total. The first-order chi connectivity index (χ1) is 5.54. The Balaban J connectivity index is 0. The zero-order valence-electron chi connectivity index (χ0n) is 5.67. The van der Waals surface area contributed by atoms with Crippen LogP contribution in [0.5, 0.6) is 0 Å². The molecule has 0 unspecified atom stereocenters. The number of nitrogens with one attached hydrogen (secondary N) is 1. The summed E-state index contributed by atoms with van der Waals surface area (Å²) >= 11 is 0. The fourth-order valence-corrected chi connectivity index (χ4v) is 0.0918. The molecule has 70 valence electrons. The van der Waals surface area contributed by atoms with Crippen molar-refractivity contribution < 1.29 is 19.9 Å². The zero-order chi connectivity index (χ0) is 9.98. The average Bonchev–Trinajstić information content (AvgIpc) is 1.99. The lowest BCUT2D eigenvalue weighted by Crippen LogP contribution is -2.31. The van der Waals surface area contributed by atoms with Gasteiger partial charge in [0.15, 0.2) is 5.34 Å². The van der Waals surface area contributed by atoms with Crippen molar-refractivity contribution in [2.45, 2.75) is 0 Å². The van der Waals surface area contributed by atoms with Gasteiger partial charge in [0.05, 0.1) is 0 Å². The summed E-state index contributed by atoms with van der Waals surface area (Å²) in [6.07, 6.45) is -1.83. The van der Waals surface area contributed by atoms with Crippen LogP contribution >= 0.6 is 0 Å². The van der Waals surface area contributed by atoms with Gasteiger partial charge >= 0.3 is 6.16 Å². The lowest BCUT2D eigenvalue weighted by atomic mass is 11.1. The minimum absolute atomic E-state index is 0.218. The summed E-state index contributed by atoms with van der Waals surface area (Å²) in [7, 11) is 0. The molecular weight excluding hydrogens is 174 g/mol. The van der Waals surface area contributed by atoms with Gasteiger partial charge in [-0.3, -0.25) is 0 Å². The number of carboxylic acid groups (broad SMARTS) is 2. The van der Waals surface area contributed by atoms with E-state index in [9.17, 15) is 0 Å². The van der Waals surface area contributed by atoms with Crippen LogP contribution in [0.4, 0.5) is 4.79 Å². The minimum atomic E-state index is -1.83. The summed E-state index contributed by atoms with van der Waals surface area (Å²) in [5.41, 5.74) is 6.65. The lowest BCUT2D eigenvalue weighted by Gasteiger charge is -1.93. The first kappa shape index (κ1) is 12.4. The van der Waals surface area contributed by atoms with E-state index in [0.717, 1.165) is 0 Å². The van der Waals surface area contributed by atoms with Gasteiger partial charge in [-0.25, -0.2) is 9.73 Å². The third-order valence-electron chi connectivity index (χ3n) is 0.327. The van der Waals surface area contributed by atoms with Crippen molar-refractivity contribution in [3.05, 3.63) is 4.91 Å². The summed E-state index contributed by atoms with van der Waals surface area (Å²) in [5.74, 6) is 4.37. The number of hydrogen-bond acceptors (Lipinski definition) is 6. The first-order valence-corrected chi connectivity index (χ1v) is 2.24. The van der Waals surface area contributed by atoms with Crippen LogP contribution in [0.15, 0.2) is 10.4 Å². The van der Waals surface area contributed by atoms with Gasteiger partial charge < -0.3 is 21.8 Å². The Hall–Kier alpha value is -2.26. The minimum Gasteiger partial charge on any atom is -0.450 e. The van der Waals surface area contributed by atoms with Crippen LogP contribution in [0.3, 0.4) is 0 Å². The monoisotopic (exact) mass is 181 g/mol. The normalized spacial score (nSPS) is 8.83. The number of hydrogen-bond donors (Lipinski definition) is 5. The SMILES string of the molecule is NN=C(N)NON=O.O=C(O)O. The van der Waals surface area contributed by atoms with E-state index < -0.39 is 6.16 Å². The predicted molar refractivity (Wildman–Crippen MR) is 36.5 cm³/mol. The molecule has 0 amide bonds. The fourth-order valence-electron chi connectivity index (χ4n) is 0.0918. The predicted octanol–water partition coefficient (Wildman–Crippen LogP) is -1.40. The van der Waals surface area contributed by atoms with Gasteiger partial charge in [-0.15, -0.1) is 10.0 Å². The standard InChI is InChI=1S/CH5N5O2.CH2O3/c2-1(4-3)5-8-6-7;2-1(3)4/h3H2,(H3,2,4,5);(H2,2,3,4). The van der Waals surface area contributed by atoms with Gasteiger partial charge in [-0.2, -0.15) is 5.48 Å². The number of nitrogens with two attached hydrogens (primary N) is 2. The largest absolute Gasteiger partial charge is 0.503 e. The quantitative estimate of drug-likeness (QED) is 0.114. The Bertz CT molecular complexity index is 163. The fraction of sp³-hybridized carbons (Fsp3) is 0. The molecule has 0 saturated heterocycles. The maximum Gasteiger partial charge on any atom is 0.503 e. The Morgan fingerprint density at radius 1 is 1.50 bits per heavy atom. The first-order valence-electron chi connectivity index (χ1n) is 2.24. The topological polar surface area (TPSA) is 173 Å². The molecule has 0 rings (SSSR count). The molecule has 0 aliphatic rings. The highest BCUT2D eigenvalue weighted by Gasteiger charge is 1.84. The van der Waals surface area contributed by atoms with Gasteiger partial charge in [0.2, 0.25) is 5.96 Å². The molecule has 0 bridgehead atoms. The number of hydrazone groups is 1. The third kappa shape index (κ3) is 25.1. The molecule has 0 aromatic rings. The van der Waals surface area contributed by atoms with Crippen LogP contribution < -0.4 is 17.1 Å². The second kappa shape index (κ2) is 8.74. The summed E-state index contributed by atoms with van der Waals surface area (Å²) in [6.45, 7) is 0. The molecule has 0 spiro atoms. The van der Waals surface area contributed by atoms with Crippen LogP contribution in [0.1, 0.15) is 0 Å². The van der Waals surface area contributed by atoms with Crippen molar-refractivity contribution in [1.82, 2.24) is 5.48 Å². The van der Waals surface area contributed by atoms with E-state index >= 15 is 0 Å². The van der Waals surface area contributed by atoms with Crippen molar-refractivity contribution in [1.29, 1.82) is 0 Å². The van der Waals surface area contributed by atoms with Crippen molar-refractivity contribution in [3.8, 4) is 0 Å². The highest BCUT2D eigenvalue weighted by molar-refractivity contribution is 5.76. The van der Waals surface area contributed by atoms with Crippen molar-refractivity contribution in [2.24, 2.45) is 22.0 Å². The zero-order valence-corrected chi connectivity index (χ0v) is 5.67. The van der Waals surface area contributed by atoms with E-state index in [2.05, 4.69) is 15.9 Å². The second-order valence-corrected chi connectivity index (χ2v) is 1.06. The maximum absolute atomic E-state index is 9.14. The van der Waals surface area contributed by atoms with E-state index in [-0.39, 0.29) is 5.96 Å². The molecule has 0 fully saturated rings. The van der Waals surface area contributed by atoms with Crippen molar-refractivity contribution in [3.63, 3.8) is 0 Å². The van der Waals surface area contributed by atoms with E-state index in [4.69, 9.17) is 25.6 Å². The molecule has 0 aliphatic carbocycles. The average molecular weight is 181 g/mol. The smallest absolute Gasteiger partial charge is 0.450 e. The van der Waals surface area contributed by atoms with Crippen LogP contribution in [-0.4, -0.2) is 22.3 Å². The van der Waals surface area contributed by atoms with Gasteiger partial charge in [0.25, 0.3) is 0 Å². The summed E-state index contributed by atoms with van der Waals surface area (Å²) in [6, 6.07) is 0. The number of guanidine groups is 1. The second-order valence-electron chi connectivity index (χ2n) is 1.06. The molecule has 0 aromatic heterocycles. The van der Waals surface area contributed by atoms with Gasteiger partial charge in [-0.05, 0) is 0 Å². The van der Waals surface area contributed by atoms with Gasteiger partial charge in [-0.1, -0.05) is 0 Å². The van der Waals surface area contributed by atoms with Crippen molar-refractivity contribution >= 4 is 12.1 Å². The molecule has 0 saturated carbocycles. The molecule has 0 aromatic carbocycles. The molecule has 0 heterocycles. The molecule has 10 heteroatoms. The Morgan fingerprint density at radius 2 is 1.92 bits per heavy atom. The third-order valence-corrected chi connectivity index (χ3v) is 0.327. The van der Waals surface area contributed by atoms with E-state index in [0.29, 0.717) is 0 Å². The number of nitrogens with zero attached hydrogens (tertiary/aromatic N) is 2. The molecular formula is C2H7N5O5. The number of rotatable bonds is 2. The van der Waals surface area contributed by atoms with E-state index in [1.54, 1.807) is 5.48 Å². The van der Waals surface area contributed by atoms with Gasteiger partial charge in [0.1, 0.15) is 0 Å².